The molecule has 1 heterocycles. The fraction of sp³-hybridized carbons (Fsp3) is 0.0909. The van der Waals surface area contributed by atoms with E-state index in [1.807, 2.05) is 17.5 Å². The molecule has 0 spiro atoms. The van der Waals surface area contributed by atoms with Crippen molar-refractivity contribution in [2.45, 2.75) is 6.61 Å². The van der Waals surface area contributed by atoms with E-state index in [2.05, 4.69) is 15.9 Å². The number of benzene rings is 1. The Bertz CT molecular complexity index is 442. The van der Waals surface area contributed by atoms with Gasteiger partial charge < -0.3 is 4.74 Å². The molecule has 2 aromatic rings. The van der Waals surface area contributed by atoms with Gasteiger partial charge in [0.2, 0.25) is 0 Å². The number of ether oxygens (including phenoxy) is 1. The lowest BCUT2D eigenvalue weighted by molar-refractivity contribution is 0.309. The molecule has 2 rings (SSSR count). The molecule has 15 heavy (non-hydrogen) atoms. The van der Waals surface area contributed by atoms with E-state index in [0.717, 1.165) is 4.88 Å². The first kappa shape index (κ1) is 10.6. The van der Waals surface area contributed by atoms with Crippen LogP contribution in [-0.4, -0.2) is 0 Å². The zero-order chi connectivity index (χ0) is 10.7. The molecule has 1 nitrogen and oxygen atoms in total. The molecule has 1 aromatic carbocycles. The lowest BCUT2D eigenvalue weighted by Crippen LogP contribution is -1.93. The minimum absolute atomic E-state index is 0.279. The summed E-state index contributed by atoms with van der Waals surface area (Å²) in [6, 6.07) is 8.61. The molecule has 0 amide bonds. The van der Waals surface area contributed by atoms with Gasteiger partial charge in [-0.1, -0.05) is 6.07 Å². The number of rotatable bonds is 3. The van der Waals surface area contributed by atoms with E-state index in [1.165, 1.54) is 6.07 Å². The monoisotopic (exact) mass is 286 g/mol. The van der Waals surface area contributed by atoms with Crippen LogP contribution in [-0.2, 0) is 6.61 Å². The van der Waals surface area contributed by atoms with Gasteiger partial charge in [-0.25, -0.2) is 4.39 Å². The highest BCUT2D eigenvalue weighted by Gasteiger charge is 2.01. The number of hydrogen-bond acceptors (Lipinski definition) is 2. The summed E-state index contributed by atoms with van der Waals surface area (Å²) in [7, 11) is 0. The smallest absolute Gasteiger partial charge is 0.137 e. The highest BCUT2D eigenvalue weighted by atomic mass is 79.9. The van der Waals surface area contributed by atoms with Crippen molar-refractivity contribution in [1.29, 1.82) is 0 Å². The number of hydrogen-bond donors (Lipinski definition) is 0. The Hall–Kier alpha value is -0.870. The van der Waals surface area contributed by atoms with Crippen LogP contribution >= 0.6 is 27.3 Å². The van der Waals surface area contributed by atoms with Gasteiger partial charge in [-0.15, -0.1) is 11.3 Å². The van der Waals surface area contributed by atoms with E-state index in [0.29, 0.717) is 16.8 Å². The first-order valence-corrected chi connectivity index (χ1v) is 6.03. The summed E-state index contributed by atoms with van der Waals surface area (Å²) in [4.78, 5) is 1.15. The third kappa shape index (κ3) is 2.79. The summed E-state index contributed by atoms with van der Waals surface area (Å²) in [6.07, 6.45) is 0. The van der Waals surface area contributed by atoms with E-state index < -0.39 is 0 Å². The first-order chi connectivity index (χ1) is 7.25. The Labute approximate surface area is 99.6 Å². The molecule has 0 bridgehead atoms. The summed E-state index contributed by atoms with van der Waals surface area (Å²) in [5.41, 5.74) is 0. The van der Waals surface area contributed by atoms with Crippen LogP contribution in [0.4, 0.5) is 4.39 Å². The maximum Gasteiger partial charge on any atom is 0.137 e. The quantitative estimate of drug-likeness (QED) is 0.821. The second-order valence-corrected chi connectivity index (χ2v) is 4.83. The second kappa shape index (κ2) is 4.77. The molecule has 0 saturated carbocycles. The molecule has 0 unspecified atom stereocenters. The molecule has 0 aliphatic carbocycles. The molecule has 0 fully saturated rings. The van der Waals surface area contributed by atoms with E-state index >= 15 is 0 Å². The minimum atomic E-state index is -0.279. The average Bonchev–Trinajstić information content (AvgIpc) is 2.73. The molecular weight excluding hydrogens is 279 g/mol. The maximum atomic E-state index is 12.9. The third-order valence-corrected chi connectivity index (χ3v) is 3.31. The average molecular weight is 287 g/mol. The summed E-state index contributed by atoms with van der Waals surface area (Å²) in [5, 5.41) is 2.00. The van der Waals surface area contributed by atoms with E-state index in [4.69, 9.17) is 4.74 Å². The number of thiophene rings is 1. The molecule has 78 valence electrons. The molecule has 0 atom stereocenters. The molecule has 0 saturated heterocycles. The number of halogens is 2. The fourth-order valence-electron chi connectivity index (χ4n) is 1.12. The SMILES string of the molecule is Fc1ccc(OCc2cccs2)cc1Br. The maximum absolute atomic E-state index is 12.9. The Balaban J connectivity index is 2.02. The molecule has 4 heteroatoms. The summed E-state index contributed by atoms with van der Waals surface area (Å²) >= 11 is 4.75. The predicted octanol–water partition coefficient (Wildman–Crippen LogP) is 4.23. The van der Waals surface area contributed by atoms with Crippen molar-refractivity contribution in [2.75, 3.05) is 0 Å². The predicted molar refractivity (Wildman–Crippen MR) is 62.8 cm³/mol. The highest BCUT2D eigenvalue weighted by Crippen LogP contribution is 2.22. The lowest BCUT2D eigenvalue weighted by atomic mass is 10.3. The van der Waals surface area contributed by atoms with Crippen LogP contribution in [0, 0.1) is 5.82 Å². The van der Waals surface area contributed by atoms with Gasteiger partial charge in [0, 0.05) is 4.88 Å². The van der Waals surface area contributed by atoms with Crippen LogP contribution in [0.3, 0.4) is 0 Å². The van der Waals surface area contributed by atoms with Crippen LogP contribution in [0.2, 0.25) is 0 Å². The fourth-order valence-corrected chi connectivity index (χ4v) is 2.09. The van der Waals surface area contributed by atoms with Gasteiger partial charge in [-0.2, -0.15) is 0 Å². The van der Waals surface area contributed by atoms with Gasteiger partial charge >= 0.3 is 0 Å². The van der Waals surface area contributed by atoms with Crippen molar-refractivity contribution in [1.82, 2.24) is 0 Å². The molecule has 0 aliphatic rings. The topological polar surface area (TPSA) is 9.23 Å². The molecule has 1 aromatic heterocycles. The Kier molecular flexibility index (Phi) is 3.38. The largest absolute Gasteiger partial charge is 0.488 e. The van der Waals surface area contributed by atoms with Crippen molar-refractivity contribution in [3.63, 3.8) is 0 Å². The minimum Gasteiger partial charge on any atom is -0.488 e. The highest BCUT2D eigenvalue weighted by molar-refractivity contribution is 9.10. The summed E-state index contributed by atoms with van der Waals surface area (Å²) < 4.78 is 18.8. The van der Waals surface area contributed by atoms with E-state index in [-0.39, 0.29) is 5.82 Å². The lowest BCUT2D eigenvalue weighted by Gasteiger charge is -2.05. The van der Waals surface area contributed by atoms with Crippen molar-refractivity contribution < 1.29 is 9.13 Å². The molecule has 0 N–H and O–H groups in total. The van der Waals surface area contributed by atoms with Crippen LogP contribution in [0.5, 0.6) is 5.75 Å². The van der Waals surface area contributed by atoms with Crippen molar-refractivity contribution in [3.8, 4) is 5.75 Å². The first-order valence-electron chi connectivity index (χ1n) is 4.36. The van der Waals surface area contributed by atoms with Gasteiger partial charge in [0.25, 0.3) is 0 Å². The van der Waals surface area contributed by atoms with Crippen molar-refractivity contribution in [3.05, 3.63) is 50.9 Å². The van der Waals surface area contributed by atoms with E-state index in [1.54, 1.807) is 23.5 Å². The van der Waals surface area contributed by atoms with Crippen molar-refractivity contribution >= 4 is 27.3 Å². The van der Waals surface area contributed by atoms with Gasteiger partial charge in [-0.3, -0.25) is 0 Å². The van der Waals surface area contributed by atoms with Crippen LogP contribution in [0.25, 0.3) is 0 Å². The normalized spacial score (nSPS) is 10.3. The molecule has 0 radical (unpaired) electrons. The molecule has 0 aliphatic heterocycles. The van der Waals surface area contributed by atoms with Gasteiger partial charge in [0.05, 0.1) is 4.47 Å². The van der Waals surface area contributed by atoms with Crippen LogP contribution in [0.15, 0.2) is 40.2 Å². The van der Waals surface area contributed by atoms with Gasteiger partial charge in [0.1, 0.15) is 18.2 Å². The Morgan fingerprint density at radius 1 is 1.33 bits per heavy atom. The standard InChI is InChI=1S/C11H8BrFOS/c12-10-6-8(3-4-11(10)13)14-7-9-2-1-5-15-9/h1-6H,7H2. The molecular formula is C11H8BrFOS. The zero-order valence-electron chi connectivity index (χ0n) is 7.74. The Morgan fingerprint density at radius 2 is 2.20 bits per heavy atom. The van der Waals surface area contributed by atoms with Crippen LogP contribution < -0.4 is 4.74 Å². The summed E-state index contributed by atoms with van der Waals surface area (Å²) in [6.45, 7) is 0.524. The third-order valence-electron chi connectivity index (χ3n) is 1.85. The van der Waals surface area contributed by atoms with Gasteiger partial charge in [-0.05, 0) is 45.6 Å². The van der Waals surface area contributed by atoms with Gasteiger partial charge in [0.15, 0.2) is 0 Å². The summed E-state index contributed by atoms with van der Waals surface area (Å²) in [5.74, 6) is 0.384. The Morgan fingerprint density at radius 3 is 2.87 bits per heavy atom. The van der Waals surface area contributed by atoms with Crippen LogP contribution in [0.1, 0.15) is 4.88 Å². The van der Waals surface area contributed by atoms with Crippen molar-refractivity contribution in [2.24, 2.45) is 0 Å². The zero-order valence-corrected chi connectivity index (χ0v) is 10.1. The van der Waals surface area contributed by atoms with E-state index in [9.17, 15) is 4.39 Å². The second-order valence-electron chi connectivity index (χ2n) is 2.94.